The van der Waals surface area contributed by atoms with Crippen molar-refractivity contribution in [2.45, 2.75) is 6.61 Å². The zero-order chi connectivity index (χ0) is 25.1. The van der Waals surface area contributed by atoms with Gasteiger partial charge >= 0.3 is 0 Å². The lowest BCUT2D eigenvalue weighted by molar-refractivity contribution is 0.112. The van der Waals surface area contributed by atoms with Crippen LogP contribution in [0.3, 0.4) is 0 Å². The van der Waals surface area contributed by atoms with Crippen molar-refractivity contribution in [3.05, 3.63) is 83.9 Å². The molecule has 0 fully saturated rings. The SMILES string of the molecule is COc1cc(-c2ccc3c(c2)OCO3)c(OC)c(C=O)c1-c1ccc(OCc2ccccc2)c(O)c1. The number of hydrogen-bond acceptors (Lipinski definition) is 7. The van der Waals surface area contributed by atoms with Crippen LogP contribution in [0.2, 0.25) is 0 Å². The van der Waals surface area contributed by atoms with Crippen molar-refractivity contribution < 1.29 is 33.6 Å². The first-order valence-electron chi connectivity index (χ1n) is 11.3. The van der Waals surface area contributed by atoms with Crippen LogP contribution in [0.1, 0.15) is 15.9 Å². The molecule has 1 aliphatic rings. The molecule has 7 heteroatoms. The number of hydrogen-bond donors (Lipinski definition) is 1. The van der Waals surface area contributed by atoms with Crippen LogP contribution >= 0.6 is 0 Å². The third kappa shape index (κ3) is 4.27. The Kier molecular flexibility index (Phi) is 6.36. The fourth-order valence-corrected chi connectivity index (χ4v) is 4.26. The number of ether oxygens (including phenoxy) is 5. The predicted octanol–water partition coefficient (Wildman–Crippen LogP) is 5.86. The summed E-state index contributed by atoms with van der Waals surface area (Å²) in [5.74, 6) is 2.37. The van der Waals surface area contributed by atoms with Crippen molar-refractivity contribution >= 4 is 6.29 Å². The van der Waals surface area contributed by atoms with Crippen LogP contribution < -0.4 is 23.7 Å². The van der Waals surface area contributed by atoms with Gasteiger partial charge in [0.05, 0.1) is 19.8 Å². The Morgan fingerprint density at radius 1 is 0.861 bits per heavy atom. The lowest BCUT2D eigenvalue weighted by Gasteiger charge is -2.19. The van der Waals surface area contributed by atoms with Crippen LogP contribution in [0, 0.1) is 0 Å². The van der Waals surface area contributed by atoms with Gasteiger partial charge in [-0.2, -0.15) is 0 Å². The van der Waals surface area contributed by atoms with Gasteiger partial charge in [0.1, 0.15) is 18.1 Å². The molecule has 0 bridgehead atoms. The van der Waals surface area contributed by atoms with E-state index in [-0.39, 0.29) is 12.5 Å². The van der Waals surface area contributed by atoms with Gasteiger partial charge in [-0.15, -0.1) is 0 Å². The maximum absolute atomic E-state index is 12.4. The normalized spacial score (nSPS) is 11.7. The van der Waals surface area contributed by atoms with Gasteiger partial charge in [-0.3, -0.25) is 4.79 Å². The standard InChI is InChI=1S/C29H24O7/c1-32-27-14-21(19-8-11-25-26(13-19)36-17-35-25)29(33-2)22(15-30)28(27)20-9-10-24(23(31)12-20)34-16-18-6-4-3-5-7-18/h3-15,31H,16-17H2,1-2H3. The topological polar surface area (TPSA) is 83.5 Å². The minimum atomic E-state index is -0.0545. The van der Waals surface area contributed by atoms with Crippen LogP contribution in [-0.2, 0) is 6.61 Å². The highest BCUT2D eigenvalue weighted by Gasteiger charge is 2.24. The van der Waals surface area contributed by atoms with Crippen molar-refractivity contribution in [2.24, 2.45) is 0 Å². The maximum Gasteiger partial charge on any atom is 0.231 e. The molecule has 0 saturated carbocycles. The smallest absolute Gasteiger partial charge is 0.231 e. The van der Waals surface area contributed by atoms with Gasteiger partial charge in [0.2, 0.25) is 6.79 Å². The number of carbonyl (C=O) groups excluding carboxylic acids is 1. The average molecular weight is 485 g/mol. The second-order valence-electron chi connectivity index (χ2n) is 8.09. The third-order valence-corrected chi connectivity index (χ3v) is 5.99. The van der Waals surface area contributed by atoms with Crippen molar-refractivity contribution in [1.82, 2.24) is 0 Å². The Balaban J connectivity index is 1.55. The van der Waals surface area contributed by atoms with Gasteiger partial charge in [0, 0.05) is 11.1 Å². The van der Waals surface area contributed by atoms with Crippen LogP contribution in [-0.4, -0.2) is 32.4 Å². The number of methoxy groups -OCH3 is 2. The van der Waals surface area contributed by atoms with Gasteiger partial charge in [0.15, 0.2) is 29.3 Å². The Bertz CT molecular complexity index is 1410. The number of benzene rings is 4. The zero-order valence-electron chi connectivity index (χ0n) is 19.8. The molecule has 4 aromatic carbocycles. The second kappa shape index (κ2) is 9.92. The summed E-state index contributed by atoms with van der Waals surface area (Å²) in [4.78, 5) is 12.4. The lowest BCUT2D eigenvalue weighted by atomic mass is 9.92. The van der Waals surface area contributed by atoms with Gasteiger partial charge < -0.3 is 28.8 Å². The molecule has 0 spiro atoms. The quantitative estimate of drug-likeness (QED) is 0.314. The number of fused-ring (bicyclic) bond motifs is 1. The highest BCUT2D eigenvalue weighted by molar-refractivity contribution is 5.98. The molecule has 0 radical (unpaired) electrons. The van der Waals surface area contributed by atoms with E-state index < -0.39 is 0 Å². The van der Waals surface area contributed by atoms with E-state index in [0.29, 0.717) is 57.6 Å². The van der Waals surface area contributed by atoms with E-state index in [1.54, 1.807) is 24.3 Å². The molecule has 0 amide bonds. The fourth-order valence-electron chi connectivity index (χ4n) is 4.26. The molecule has 0 aliphatic carbocycles. The monoisotopic (exact) mass is 484 g/mol. The molecule has 0 saturated heterocycles. The Morgan fingerprint density at radius 2 is 1.64 bits per heavy atom. The minimum Gasteiger partial charge on any atom is -0.504 e. The molecular formula is C29H24O7. The number of phenolic OH excluding ortho intramolecular Hbond substituents is 1. The van der Waals surface area contributed by atoms with E-state index in [1.165, 1.54) is 14.2 Å². The second-order valence-corrected chi connectivity index (χ2v) is 8.09. The summed E-state index contributed by atoms with van der Waals surface area (Å²) in [6, 6.07) is 22.0. The highest BCUT2D eigenvalue weighted by Crippen LogP contribution is 2.47. The number of carbonyl (C=O) groups is 1. The van der Waals surface area contributed by atoms with Crippen molar-refractivity contribution in [1.29, 1.82) is 0 Å². The maximum atomic E-state index is 12.4. The number of aldehydes is 1. The largest absolute Gasteiger partial charge is 0.504 e. The van der Waals surface area contributed by atoms with Crippen LogP contribution in [0.25, 0.3) is 22.3 Å². The summed E-state index contributed by atoms with van der Waals surface area (Å²) in [5, 5.41) is 10.7. The van der Waals surface area contributed by atoms with E-state index in [0.717, 1.165) is 17.4 Å². The van der Waals surface area contributed by atoms with Gasteiger partial charge in [-0.25, -0.2) is 0 Å². The number of phenols is 1. The molecule has 0 unspecified atom stereocenters. The van der Waals surface area contributed by atoms with Crippen molar-refractivity contribution in [3.8, 4) is 56.8 Å². The molecule has 182 valence electrons. The van der Waals surface area contributed by atoms with E-state index in [9.17, 15) is 9.90 Å². The molecule has 36 heavy (non-hydrogen) atoms. The third-order valence-electron chi connectivity index (χ3n) is 5.99. The van der Waals surface area contributed by atoms with E-state index in [4.69, 9.17) is 23.7 Å². The summed E-state index contributed by atoms with van der Waals surface area (Å²) in [5.41, 5.74) is 3.78. The van der Waals surface area contributed by atoms with Gasteiger partial charge in [0.25, 0.3) is 0 Å². The highest BCUT2D eigenvalue weighted by atomic mass is 16.7. The fraction of sp³-hybridized carbons (Fsp3) is 0.138. The van der Waals surface area contributed by atoms with Crippen molar-refractivity contribution in [2.75, 3.05) is 21.0 Å². The predicted molar refractivity (Wildman–Crippen MR) is 134 cm³/mol. The number of rotatable bonds is 8. The molecule has 4 aromatic rings. The number of aromatic hydroxyl groups is 1. The molecule has 1 heterocycles. The van der Waals surface area contributed by atoms with Crippen LogP contribution in [0.15, 0.2) is 72.8 Å². The van der Waals surface area contributed by atoms with Crippen LogP contribution in [0.4, 0.5) is 0 Å². The van der Waals surface area contributed by atoms with Crippen molar-refractivity contribution in [3.63, 3.8) is 0 Å². The Labute approximate surface area is 208 Å². The average Bonchev–Trinajstić information content (AvgIpc) is 3.39. The first-order valence-corrected chi connectivity index (χ1v) is 11.3. The molecule has 5 rings (SSSR count). The molecule has 1 aliphatic heterocycles. The first-order chi connectivity index (χ1) is 17.6. The summed E-state index contributed by atoms with van der Waals surface area (Å²) < 4.78 is 28.1. The lowest BCUT2D eigenvalue weighted by Crippen LogP contribution is -2.01. The van der Waals surface area contributed by atoms with Gasteiger partial charge in [-0.05, 0) is 47.0 Å². The van der Waals surface area contributed by atoms with Crippen LogP contribution in [0.5, 0.6) is 34.5 Å². The minimum absolute atomic E-state index is 0.0545. The Hall–Kier alpha value is -4.65. The Morgan fingerprint density at radius 3 is 2.36 bits per heavy atom. The summed E-state index contributed by atoms with van der Waals surface area (Å²) in [6.45, 7) is 0.473. The zero-order valence-corrected chi connectivity index (χ0v) is 19.8. The molecule has 7 nitrogen and oxygen atoms in total. The van der Waals surface area contributed by atoms with Gasteiger partial charge in [-0.1, -0.05) is 42.5 Å². The summed E-state index contributed by atoms with van der Waals surface area (Å²) in [6.07, 6.45) is 0.726. The molecular weight excluding hydrogens is 460 g/mol. The molecule has 0 aromatic heterocycles. The first kappa shape index (κ1) is 23.1. The van der Waals surface area contributed by atoms with E-state index in [1.807, 2.05) is 48.5 Å². The van der Waals surface area contributed by atoms with E-state index in [2.05, 4.69) is 0 Å². The van der Waals surface area contributed by atoms with E-state index >= 15 is 0 Å². The summed E-state index contributed by atoms with van der Waals surface area (Å²) >= 11 is 0. The summed E-state index contributed by atoms with van der Waals surface area (Å²) in [7, 11) is 3.04. The molecule has 0 atom stereocenters. The molecule has 1 N–H and O–H groups in total.